The Kier molecular flexibility index (Phi) is 4.98. The van der Waals surface area contributed by atoms with E-state index in [1.807, 2.05) is 6.07 Å². The van der Waals surface area contributed by atoms with Crippen molar-refractivity contribution in [2.75, 3.05) is 6.54 Å². The Morgan fingerprint density at radius 2 is 2.11 bits per heavy atom. The quantitative estimate of drug-likeness (QED) is 0.867. The van der Waals surface area contributed by atoms with Crippen molar-refractivity contribution in [3.8, 4) is 0 Å². The first-order valence-corrected chi connectivity index (χ1v) is 7.55. The smallest absolute Gasteiger partial charge is 0.123 e. The molecule has 0 aromatic heterocycles. The van der Waals surface area contributed by atoms with Crippen LogP contribution in [0.4, 0.5) is 4.39 Å². The maximum absolute atomic E-state index is 13.4. The summed E-state index contributed by atoms with van der Waals surface area (Å²) >= 11 is 0. The second-order valence-corrected chi connectivity index (χ2v) is 6.46. The summed E-state index contributed by atoms with van der Waals surface area (Å²) in [5.41, 5.74) is 2.57. The average molecular weight is 263 g/mol. The SMILES string of the molecule is CC(C)Cc1cc(F)ccc1CC1CCNC(C)C1. The number of halogens is 1. The van der Waals surface area contributed by atoms with Gasteiger partial charge in [0.25, 0.3) is 0 Å². The molecule has 2 rings (SSSR count). The normalized spacial score (nSPS) is 23.8. The molecule has 19 heavy (non-hydrogen) atoms. The fourth-order valence-electron chi connectivity index (χ4n) is 3.15. The standard InChI is InChI=1S/C17H26FN/c1-12(2)8-16-11-17(18)5-4-15(16)10-14-6-7-19-13(3)9-14/h4-5,11-14,19H,6-10H2,1-3H3. The summed E-state index contributed by atoms with van der Waals surface area (Å²) in [6, 6.07) is 5.97. The van der Waals surface area contributed by atoms with E-state index in [0.29, 0.717) is 12.0 Å². The molecule has 1 fully saturated rings. The van der Waals surface area contributed by atoms with Crippen molar-refractivity contribution in [2.45, 2.75) is 52.5 Å². The number of piperidine rings is 1. The fraction of sp³-hybridized carbons (Fsp3) is 0.647. The van der Waals surface area contributed by atoms with Gasteiger partial charge in [-0.05, 0) is 74.2 Å². The van der Waals surface area contributed by atoms with Crippen LogP contribution < -0.4 is 5.32 Å². The van der Waals surface area contributed by atoms with Crippen molar-refractivity contribution >= 4 is 0 Å². The van der Waals surface area contributed by atoms with E-state index in [-0.39, 0.29) is 5.82 Å². The maximum atomic E-state index is 13.4. The summed E-state index contributed by atoms with van der Waals surface area (Å²) in [7, 11) is 0. The first-order chi connectivity index (χ1) is 9.04. The van der Waals surface area contributed by atoms with Gasteiger partial charge in [-0.25, -0.2) is 4.39 Å². The van der Waals surface area contributed by atoms with E-state index >= 15 is 0 Å². The van der Waals surface area contributed by atoms with Gasteiger partial charge in [0, 0.05) is 6.04 Å². The first-order valence-electron chi connectivity index (χ1n) is 7.55. The van der Waals surface area contributed by atoms with Crippen molar-refractivity contribution in [1.29, 1.82) is 0 Å². The molecule has 1 saturated heterocycles. The highest BCUT2D eigenvalue weighted by Gasteiger charge is 2.19. The van der Waals surface area contributed by atoms with Crippen LogP contribution in [-0.4, -0.2) is 12.6 Å². The molecule has 1 N–H and O–H groups in total. The zero-order valence-corrected chi connectivity index (χ0v) is 12.4. The number of hydrogen-bond donors (Lipinski definition) is 1. The van der Waals surface area contributed by atoms with E-state index in [4.69, 9.17) is 0 Å². The molecule has 0 saturated carbocycles. The molecule has 0 spiro atoms. The van der Waals surface area contributed by atoms with Crippen LogP contribution in [0.1, 0.15) is 44.7 Å². The third-order valence-electron chi connectivity index (χ3n) is 4.04. The van der Waals surface area contributed by atoms with Crippen molar-refractivity contribution in [3.05, 3.63) is 35.1 Å². The molecule has 0 aliphatic carbocycles. The molecule has 106 valence electrons. The van der Waals surface area contributed by atoms with Gasteiger partial charge in [0.2, 0.25) is 0 Å². The van der Waals surface area contributed by atoms with Crippen LogP contribution in [0.15, 0.2) is 18.2 Å². The van der Waals surface area contributed by atoms with E-state index in [0.717, 1.165) is 25.3 Å². The zero-order valence-electron chi connectivity index (χ0n) is 12.4. The summed E-state index contributed by atoms with van der Waals surface area (Å²) in [6.45, 7) is 7.76. The van der Waals surface area contributed by atoms with Crippen molar-refractivity contribution in [2.24, 2.45) is 11.8 Å². The Morgan fingerprint density at radius 3 is 2.79 bits per heavy atom. The highest BCUT2D eigenvalue weighted by Crippen LogP contribution is 2.24. The Labute approximate surface area is 116 Å². The van der Waals surface area contributed by atoms with Gasteiger partial charge in [0.15, 0.2) is 0 Å². The van der Waals surface area contributed by atoms with E-state index in [1.165, 1.54) is 24.0 Å². The summed E-state index contributed by atoms with van der Waals surface area (Å²) in [4.78, 5) is 0. The van der Waals surface area contributed by atoms with E-state index in [2.05, 4.69) is 26.1 Å². The number of rotatable bonds is 4. The van der Waals surface area contributed by atoms with Crippen LogP contribution >= 0.6 is 0 Å². The largest absolute Gasteiger partial charge is 0.314 e. The van der Waals surface area contributed by atoms with Crippen molar-refractivity contribution in [1.82, 2.24) is 5.32 Å². The minimum atomic E-state index is -0.0990. The molecule has 1 heterocycles. The van der Waals surface area contributed by atoms with Crippen molar-refractivity contribution < 1.29 is 4.39 Å². The topological polar surface area (TPSA) is 12.0 Å². The molecule has 1 aromatic carbocycles. The van der Waals surface area contributed by atoms with Gasteiger partial charge in [0.05, 0.1) is 0 Å². The van der Waals surface area contributed by atoms with Crippen LogP contribution in [0, 0.1) is 17.7 Å². The molecular weight excluding hydrogens is 237 g/mol. The second kappa shape index (κ2) is 6.51. The molecule has 2 atom stereocenters. The monoisotopic (exact) mass is 263 g/mol. The minimum absolute atomic E-state index is 0.0990. The summed E-state index contributed by atoms with van der Waals surface area (Å²) in [5, 5.41) is 3.49. The Balaban J connectivity index is 2.10. The fourth-order valence-corrected chi connectivity index (χ4v) is 3.15. The Bertz CT molecular complexity index is 414. The van der Waals surface area contributed by atoms with Gasteiger partial charge in [-0.1, -0.05) is 19.9 Å². The van der Waals surface area contributed by atoms with Crippen LogP contribution in [-0.2, 0) is 12.8 Å². The first kappa shape index (κ1) is 14.5. The second-order valence-electron chi connectivity index (χ2n) is 6.46. The Morgan fingerprint density at radius 1 is 1.32 bits per heavy atom. The maximum Gasteiger partial charge on any atom is 0.123 e. The lowest BCUT2D eigenvalue weighted by Crippen LogP contribution is -2.36. The van der Waals surface area contributed by atoms with Gasteiger partial charge >= 0.3 is 0 Å². The third-order valence-corrected chi connectivity index (χ3v) is 4.04. The van der Waals surface area contributed by atoms with Gasteiger partial charge in [-0.3, -0.25) is 0 Å². The molecule has 2 heteroatoms. The molecule has 0 radical (unpaired) electrons. The van der Waals surface area contributed by atoms with Gasteiger partial charge < -0.3 is 5.32 Å². The molecule has 1 nitrogen and oxygen atoms in total. The molecule has 1 aliphatic rings. The van der Waals surface area contributed by atoms with E-state index in [1.54, 1.807) is 12.1 Å². The highest BCUT2D eigenvalue weighted by atomic mass is 19.1. The highest BCUT2D eigenvalue weighted by molar-refractivity contribution is 5.29. The molecule has 1 aromatic rings. The van der Waals surface area contributed by atoms with Gasteiger partial charge in [-0.15, -0.1) is 0 Å². The van der Waals surface area contributed by atoms with E-state index in [9.17, 15) is 4.39 Å². The molecular formula is C17H26FN. The average Bonchev–Trinajstić information content (AvgIpc) is 2.32. The predicted molar refractivity (Wildman–Crippen MR) is 78.8 cm³/mol. The lowest BCUT2D eigenvalue weighted by molar-refractivity contribution is 0.313. The molecule has 1 aliphatic heterocycles. The molecule has 0 bridgehead atoms. The summed E-state index contributed by atoms with van der Waals surface area (Å²) in [5.74, 6) is 1.22. The number of hydrogen-bond acceptors (Lipinski definition) is 1. The van der Waals surface area contributed by atoms with Crippen LogP contribution in [0.5, 0.6) is 0 Å². The van der Waals surface area contributed by atoms with Crippen LogP contribution in [0.25, 0.3) is 0 Å². The van der Waals surface area contributed by atoms with Crippen LogP contribution in [0.3, 0.4) is 0 Å². The van der Waals surface area contributed by atoms with E-state index < -0.39 is 0 Å². The lowest BCUT2D eigenvalue weighted by atomic mass is 9.85. The zero-order chi connectivity index (χ0) is 13.8. The molecule has 2 unspecified atom stereocenters. The molecule has 0 amide bonds. The predicted octanol–water partition coefficient (Wildman–Crippen LogP) is 3.95. The van der Waals surface area contributed by atoms with Gasteiger partial charge in [0.1, 0.15) is 5.82 Å². The summed E-state index contributed by atoms with van der Waals surface area (Å²) < 4.78 is 13.4. The number of nitrogens with one attached hydrogen (secondary N) is 1. The van der Waals surface area contributed by atoms with Gasteiger partial charge in [-0.2, -0.15) is 0 Å². The Hall–Kier alpha value is -0.890. The minimum Gasteiger partial charge on any atom is -0.314 e. The lowest BCUT2D eigenvalue weighted by Gasteiger charge is -2.28. The summed E-state index contributed by atoms with van der Waals surface area (Å²) in [6.07, 6.45) is 4.56. The third kappa shape index (κ3) is 4.31. The number of benzene rings is 1. The van der Waals surface area contributed by atoms with Crippen molar-refractivity contribution in [3.63, 3.8) is 0 Å². The van der Waals surface area contributed by atoms with Crippen LogP contribution in [0.2, 0.25) is 0 Å².